The highest BCUT2D eigenvalue weighted by molar-refractivity contribution is 8.03. The maximum absolute atomic E-state index is 12.9. The lowest BCUT2D eigenvalue weighted by Gasteiger charge is -2.12. The number of hydrogen-bond acceptors (Lipinski definition) is 5. The normalized spacial score (nSPS) is 12.4. The summed E-state index contributed by atoms with van der Waals surface area (Å²) in [4.78, 5) is 12.9. The molecule has 2 aromatic carbocycles. The smallest absolute Gasteiger partial charge is 0.407 e. The highest BCUT2D eigenvalue weighted by atomic mass is 32.2. The van der Waals surface area contributed by atoms with Gasteiger partial charge < -0.3 is 4.74 Å². The number of thioether (sulfide) groups is 1. The molecule has 0 spiro atoms. The number of esters is 1. The van der Waals surface area contributed by atoms with Crippen molar-refractivity contribution in [3.8, 4) is 0 Å². The topological polar surface area (TPSA) is 76.3 Å². The number of rotatable bonds is 7. The Morgan fingerprint density at radius 3 is 2.37 bits per heavy atom. The van der Waals surface area contributed by atoms with E-state index in [-0.39, 0.29) is 22.2 Å². The summed E-state index contributed by atoms with van der Waals surface area (Å²) in [6.45, 7) is 3.75. The summed E-state index contributed by atoms with van der Waals surface area (Å²) >= 11 is 1.12. The van der Waals surface area contributed by atoms with E-state index >= 15 is 0 Å². The quantitative estimate of drug-likeness (QED) is 0.344. The van der Waals surface area contributed by atoms with Crippen molar-refractivity contribution in [1.29, 1.82) is 0 Å². The number of ether oxygens (including phenoxy) is 1. The van der Waals surface area contributed by atoms with Crippen LogP contribution in [0.25, 0.3) is 16.5 Å². The molecule has 0 aliphatic carbocycles. The molecule has 0 aliphatic rings. The number of fused-ring (bicyclic) bond motifs is 1. The lowest BCUT2D eigenvalue weighted by atomic mass is 10.2. The molecule has 8 heteroatoms. The lowest BCUT2D eigenvalue weighted by Crippen LogP contribution is -2.40. The Bertz CT molecular complexity index is 1200. The Kier molecular flexibility index (Phi) is 6.79. The molecule has 0 fully saturated rings. The molecule has 0 bridgehead atoms. The van der Waals surface area contributed by atoms with E-state index in [1.165, 1.54) is 12.1 Å². The average Bonchev–Trinajstić information content (AvgIpc) is 2.73. The molecule has 156 valence electrons. The molecule has 3 rings (SSSR count). The van der Waals surface area contributed by atoms with Gasteiger partial charge in [0.15, 0.2) is 17.4 Å². The van der Waals surface area contributed by atoms with Crippen molar-refractivity contribution in [2.24, 2.45) is 0 Å². The van der Waals surface area contributed by atoms with Gasteiger partial charge >= 0.3 is 11.7 Å². The largest absolute Gasteiger partial charge is 0.458 e. The number of carbonyl (C=O) groups excluding carboxylic acids is 1. The van der Waals surface area contributed by atoms with Crippen LogP contribution in [0.1, 0.15) is 12.5 Å². The second-order valence-corrected chi connectivity index (χ2v) is 9.00. The first kappa shape index (κ1) is 21.9. The van der Waals surface area contributed by atoms with Crippen molar-refractivity contribution < 1.29 is 22.5 Å². The molecule has 0 atom stereocenters. The fourth-order valence-corrected chi connectivity index (χ4v) is 4.87. The molecule has 1 aromatic heterocycles. The molecule has 0 amide bonds. The highest BCUT2D eigenvalue weighted by Gasteiger charge is 2.30. The van der Waals surface area contributed by atoms with Crippen molar-refractivity contribution in [2.45, 2.75) is 18.7 Å². The fraction of sp³-hybridized carbons (Fsp3) is 0.182. The van der Waals surface area contributed by atoms with Crippen molar-refractivity contribution in [2.75, 3.05) is 12.9 Å². The van der Waals surface area contributed by atoms with Gasteiger partial charge in [-0.05, 0) is 43.7 Å². The number of nitrogens with zero attached hydrogens (tertiary/aromatic N) is 1. The summed E-state index contributed by atoms with van der Waals surface area (Å²) in [5, 5.41) is 2.08. The number of aryl methyl sites for hydroxylation is 1. The Morgan fingerprint density at radius 1 is 1.07 bits per heavy atom. The molecule has 3 aromatic rings. The number of hydrogen-bond donors (Lipinski definition) is 1. The van der Waals surface area contributed by atoms with E-state index in [1.54, 1.807) is 42.3 Å². The first-order valence-corrected chi connectivity index (χ1v) is 12.0. The fourth-order valence-electron chi connectivity index (χ4n) is 2.87. The monoisotopic (exact) mass is 443 g/mol. The molecule has 0 saturated carbocycles. The minimum atomic E-state index is -3.88. The van der Waals surface area contributed by atoms with E-state index in [1.807, 2.05) is 37.3 Å². The number of pyridine rings is 1. The Labute approximate surface area is 180 Å². The standard InChI is InChI=1S/C22H22N2O4S2/c1-4-28-22(25)20(24-14-13-17-7-5-6-8-18(17)15-24)21(29-3)23-30(26,27)19-11-9-16(2)10-12-19/h5-15H,4H2,1-3H3/p+1. The van der Waals surface area contributed by atoms with Gasteiger partial charge in [-0.3, -0.25) is 4.72 Å². The van der Waals surface area contributed by atoms with Gasteiger partial charge in [0.1, 0.15) is 0 Å². The van der Waals surface area contributed by atoms with Gasteiger partial charge in [0.05, 0.1) is 11.5 Å². The van der Waals surface area contributed by atoms with Gasteiger partial charge in [0.2, 0.25) is 0 Å². The van der Waals surface area contributed by atoms with Gasteiger partial charge in [-0.2, -0.15) is 4.57 Å². The Balaban J connectivity index is 2.12. The molecular weight excluding hydrogens is 420 g/mol. The maximum atomic E-state index is 12.9. The van der Waals surface area contributed by atoms with Crippen molar-refractivity contribution in [3.63, 3.8) is 0 Å². The third-order valence-electron chi connectivity index (χ3n) is 4.39. The van der Waals surface area contributed by atoms with Crippen LogP contribution in [0.3, 0.4) is 0 Å². The van der Waals surface area contributed by atoms with Gasteiger partial charge in [-0.1, -0.05) is 35.9 Å². The predicted octanol–water partition coefficient (Wildman–Crippen LogP) is 3.47. The number of aromatic nitrogens is 1. The molecule has 0 radical (unpaired) electrons. The van der Waals surface area contributed by atoms with Crippen LogP contribution in [0, 0.1) is 6.92 Å². The van der Waals surface area contributed by atoms with E-state index in [4.69, 9.17) is 4.74 Å². The molecule has 1 N–H and O–H groups in total. The minimum Gasteiger partial charge on any atom is -0.458 e. The first-order chi connectivity index (χ1) is 14.4. The van der Waals surface area contributed by atoms with E-state index in [0.29, 0.717) is 0 Å². The summed E-state index contributed by atoms with van der Waals surface area (Å²) in [6.07, 6.45) is 5.19. The van der Waals surface area contributed by atoms with Crippen molar-refractivity contribution in [3.05, 3.63) is 77.6 Å². The summed E-state index contributed by atoms with van der Waals surface area (Å²) in [7, 11) is -3.88. The second-order valence-electron chi connectivity index (χ2n) is 6.50. The van der Waals surface area contributed by atoms with Crippen molar-refractivity contribution in [1.82, 2.24) is 4.72 Å². The maximum Gasteiger partial charge on any atom is 0.407 e. The Hall–Kier alpha value is -2.84. The van der Waals surface area contributed by atoms with Gasteiger partial charge in [0.25, 0.3) is 10.0 Å². The van der Waals surface area contributed by atoms with Crippen LogP contribution in [0.5, 0.6) is 0 Å². The van der Waals surface area contributed by atoms with E-state index in [2.05, 4.69) is 4.72 Å². The Morgan fingerprint density at radius 2 is 1.73 bits per heavy atom. The zero-order valence-electron chi connectivity index (χ0n) is 17.0. The molecule has 0 unspecified atom stereocenters. The SMILES string of the molecule is CCOC(=O)C(=C(NS(=O)(=O)c1ccc(C)cc1)SC)[n+]1ccc2ccccc2c1. The summed E-state index contributed by atoms with van der Waals surface area (Å²) < 4.78 is 35.2. The summed E-state index contributed by atoms with van der Waals surface area (Å²) in [6, 6.07) is 16.1. The minimum absolute atomic E-state index is 0.103. The zero-order valence-corrected chi connectivity index (χ0v) is 18.6. The average molecular weight is 444 g/mol. The number of benzene rings is 2. The van der Waals surface area contributed by atoms with E-state index in [0.717, 1.165) is 28.1 Å². The number of sulfonamides is 1. The van der Waals surface area contributed by atoms with Gasteiger partial charge in [0, 0.05) is 11.5 Å². The molecule has 0 aliphatic heterocycles. The van der Waals surface area contributed by atoms with Crippen LogP contribution < -0.4 is 9.29 Å². The van der Waals surface area contributed by atoms with Gasteiger partial charge in [-0.15, -0.1) is 11.8 Å². The van der Waals surface area contributed by atoms with Crippen LogP contribution in [0.15, 0.2) is 76.9 Å². The van der Waals surface area contributed by atoms with Crippen LogP contribution in [0.2, 0.25) is 0 Å². The molecule has 30 heavy (non-hydrogen) atoms. The first-order valence-electron chi connectivity index (χ1n) is 9.31. The zero-order chi connectivity index (χ0) is 21.7. The third kappa shape index (κ3) is 4.83. The van der Waals surface area contributed by atoms with Crippen LogP contribution in [-0.4, -0.2) is 27.2 Å². The predicted molar refractivity (Wildman–Crippen MR) is 119 cm³/mol. The van der Waals surface area contributed by atoms with Crippen LogP contribution in [0.4, 0.5) is 0 Å². The van der Waals surface area contributed by atoms with E-state index in [9.17, 15) is 13.2 Å². The number of carbonyl (C=O) groups is 1. The highest BCUT2D eigenvalue weighted by Crippen LogP contribution is 2.21. The van der Waals surface area contributed by atoms with Crippen molar-refractivity contribution >= 4 is 44.2 Å². The van der Waals surface area contributed by atoms with Crippen LogP contribution >= 0.6 is 11.8 Å². The van der Waals surface area contributed by atoms with Gasteiger partial charge in [-0.25, -0.2) is 13.2 Å². The molecule has 0 saturated heterocycles. The molecule has 1 heterocycles. The number of nitrogens with one attached hydrogen (secondary N) is 1. The molecular formula is C22H23N2O4S2+. The second kappa shape index (κ2) is 9.32. The lowest BCUT2D eigenvalue weighted by molar-refractivity contribution is -0.577. The molecule has 6 nitrogen and oxygen atoms in total. The van der Waals surface area contributed by atoms with Crippen LogP contribution in [-0.2, 0) is 19.6 Å². The third-order valence-corrected chi connectivity index (χ3v) is 6.59. The van der Waals surface area contributed by atoms with E-state index < -0.39 is 16.0 Å². The summed E-state index contributed by atoms with van der Waals surface area (Å²) in [5.41, 5.74) is 1.05. The summed E-state index contributed by atoms with van der Waals surface area (Å²) in [5.74, 6) is -0.617.